The van der Waals surface area contributed by atoms with E-state index in [0.29, 0.717) is 23.9 Å². The average Bonchev–Trinajstić information content (AvgIpc) is 2.62. The molecular formula is C18H18BrN5O. The number of ether oxygens (including phenoxy) is 1. The zero-order chi connectivity index (χ0) is 17.6. The van der Waals surface area contributed by atoms with Crippen LogP contribution in [0, 0.1) is 0 Å². The zero-order valence-corrected chi connectivity index (χ0v) is 15.2. The van der Waals surface area contributed by atoms with Crippen LogP contribution in [0.2, 0.25) is 0 Å². The van der Waals surface area contributed by atoms with Gasteiger partial charge in [0, 0.05) is 10.2 Å². The molecule has 0 saturated carbocycles. The van der Waals surface area contributed by atoms with Crippen LogP contribution in [0.1, 0.15) is 6.92 Å². The summed E-state index contributed by atoms with van der Waals surface area (Å²) < 4.78 is 6.62. The van der Waals surface area contributed by atoms with E-state index in [1.54, 1.807) is 0 Å². The molecule has 0 spiro atoms. The van der Waals surface area contributed by atoms with Crippen LogP contribution in [-0.4, -0.2) is 16.6 Å². The quantitative estimate of drug-likeness (QED) is 0.556. The minimum Gasteiger partial charge on any atom is -0.492 e. The van der Waals surface area contributed by atoms with Crippen LogP contribution in [0.5, 0.6) is 5.75 Å². The second kappa shape index (κ2) is 7.85. The summed E-state index contributed by atoms with van der Waals surface area (Å²) in [6, 6.07) is 15.4. The normalized spacial score (nSPS) is 10.3. The molecule has 4 N–H and O–H groups in total. The number of halogens is 1. The van der Waals surface area contributed by atoms with Gasteiger partial charge in [-0.2, -0.15) is 0 Å². The minimum absolute atomic E-state index is 0.428. The summed E-state index contributed by atoms with van der Waals surface area (Å²) in [5, 5.41) is 6.41. The Morgan fingerprint density at radius 2 is 1.68 bits per heavy atom. The van der Waals surface area contributed by atoms with Gasteiger partial charge in [-0.3, -0.25) is 0 Å². The molecule has 0 atom stereocenters. The molecular weight excluding hydrogens is 382 g/mol. The molecule has 7 heteroatoms. The number of anilines is 5. The van der Waals surface area contributed by atoms with Gasteiger partial charge in [-0.05, 0) is 43.3 Å². The van der Waals surface area contributed by atoms with E-state index in [4.69, 9.17) is 10.5 Å². The van der Waals surface area contributed by atoms with Gasteiger partial charge in [-0.15, -0.1) is 0 Å². The highest BCUT2D eigenvalue weighted by Gasteiger charge is 2.11. The highest BCUT2D eigenvalue weighted by Crippen LogP contribution is 2.32. The number of nitrogens with zero attached hydrogens (tertiary/aromatic N) is 2. The van der Waals surface area contributed by atoms with Gasteiger partial charge in [0.05, 0.1) is 12.3 Å². The van der Waals surface area contributed by atoms with Crippen molar-refractivity contribution in [3.05, 3.63) is 59.3 Å². The van der Waals surface area contributed by atoms with Gasteiger partial charge in [0.15, 0.2) is 11.6 Å². The first-order valence-electron chi connectivity index (χ1n) is 7.79. The minimum atomic E-state index is 0.428. The predicted molar refractivity (Wildman–Crippen MR) is 105 cm³/mol. The van der Waals surface area contributed by atoms with Gasteiger partial charge in [-0.25, -0.2) is 9.97 Å². The Morgan fingerprint density at radius 1 is 1.00 bits per heavy atom. The summed E-state index contributed by atoms with van der Waals surface area (Å²) in [5.74, 6) is 1.79. The predicted octanol–water partition coefficient (Wildman–Crippen LogP) is 4.71. The van der Waals surface area contributed by atoms with Crippen LogP contribution in [-0.2, 0) is 0 Å². The highest BCUT2D eigenvalue weighted by molar-refractivity contribution is 9.10. The molecule has 0 aliphatic carbocycles. The second-order valence-electron chi connectivity index (χ2n) is 5.17. The molecule has 1 heterocycles. The summed E-state index contributed by atoms with van der Waals surface area (Å²) in [4.78, 5) is 8.47. The van der Waals surface area contributed by atoms with E-state index in [-0.39, 0.29) is 0 Å². The Bertz CT molecular complexity index is 854. The Hall–Kier alpha value is -2.80. The molecule has 0 radical (unpaired) electrons. The van der Waals surface area contributed by atoms with Gasteiger partial charge in [0.25, 0.3) is 0 Å². The molecule has 6 nitrogen and oxygen atoms in total. The molecule has 0 fully saturated rings. The largest absolute Gasteiger partial charge is 0.492 e. The Labute approximate surface area is 154 Å². The van der Waals surface area contributed by atoms with Crippen molar-refractivity contribution in [1.29, 1.82) is 0 Å². The lowest BCUT2D eigenvalue weighted by Gasteiger charge is -2.15. The molecule has 0 unspecified atom stereocenters. The zero-order valence-electron chi connectivity index (χ0n) is 13.7. The number of aromatic nitrogens is 2. The van der Waals surface area contributed by atoms with Crippen LogP contribution in [0.15, 0.2) is 59.3 Å². The molecule has 3 aromatic rings. The van der Waals surface area contributed by atoms with Gasteiger partial charge in [0.2, 0.25) is 0 Å². The van der Waals surface area contributed by atoms with E-state index in [0.717, 1.165) is 21.6 Å². The maximum Gasteiger partial charge on any atom is 0.159 e. The van der Waals surface area contributed by atoms with Gasteiger partial charge >= 0.3 is 0 Å². The molecule has 3 rings (SSSR count). The maximum atomic E-state index is 6.23. The van der Waals surface area contributed by atoms with Crippen molar-refractivity contribution in [3.8, 4) is 5.75 Å². The third-order valence-electron chi connectivity index (χ3n) is 3.43. The first-order chi connectivity index (χ1) is 12.2. The van der Waals surface area contributed by atoms with Gasteiger partial charge in [-0.1, -0.05) is 28.1 Å². The van der Waals surface area contributed by atoms with Crippen molar-refractivity contribution in [1.82, 2.24) is 9.97 Å². The molecule has 0 bridgehead atoms. The molecule has 0 saturated heterocycles. The van der Waals surface area contributed by atoms with Crippen molar-refractivity contribution in [2.75, 3.05) is 23.0 Å². The maximum absolute atomic E-state index is 6.23. The topological polar surface area (TPSA) is 85.1 Å². The number of nitrogens with one attached hydrogen (secondary N) is 2. The number of nitrogen functional groups attached to an aromatic ring is 1. The van der Waals surface area contributed by atoms with Crippen molar-refractivity contribution in [2.45, 2.75) is 6.92 Å². The molecule has 128 valence electrons. The van der Waals surface area contributed by atoms with Crippen LogP contribution in [0.25, 0.3) is 0 Å². The Morgan fingerprint density at radius 3 is 2.40 bits per heavy atom. The fraction of sp³-hybridized carbons (Fsp3) is 0.111. The highest BCUT2D eigenvalue weighted by atomic mass is 79.9. The van der Waals surface area contributed by atoms with Crippen molar-refractivity contribution < 1.29 is 4.74 Å². The van der Waals surface area contributed by atoms with Gasteiger partial charge in [0.1, 0.15) is 17.8 Å². The van der Waals surface area contributed by atoms with Crippen molar-refractivity contribution in [2.24, 2.45) is 0 Å². The number of hydrogen-bond donors (Lipinski definition) is 3. The van der Waals surface area contributed by atoms with Crippen molar-refractivity contribution >= 4 is 44.6 Å². The van der Waals surface area contributed by atoms with E-state index < -0.39 is 0 Å². The van der Waals surface area contributed by atoms with Gasteiger partial charge < -0.3 is 21.1 Å². The monoisotopic (exact) mass is 399 g/mol. The first kappa shape index (κ1) is 17.0. The van der Waals surface area contributed by atoms with Crippen LogP contribution in [0.3, 0.4) is 0 Å². The molecule has 0 aliphatic rings. The number of nitrogens with two attached hydrogens (primary N) is 1. The summed E-state index contributed by atoms with van der Waals surface area (Å²) in [6.07, 6.45) is 1.46. The number of rotatable bonds is 6. The van der Waals surface area contributed by atoms with E-state index in [2.05, 4.69) is 36.5 Å². The fourth-order valence-corrected chi connectivity index (χ4v) is 2.51. The number of para-hydroxylation sites is 2. The summed E-state index contributed by atoms with van der Waals surface area (Å²) >= 11 is 3.41. The van der Waals surface area contributed by atoms with E-state index in [1.807, 2.05) is 55.5 Å². The summed E-state index contributed by atoms with van der Waals surface area (Å²) in [6.45, 7) is 2.52. The lowest BCUT2D eigenvalue weighted by molar-refractivity contribution is 0.342. The van der Waals surface area contributed by atoms with Crippen LogP contribution in [0.4, 0.5) is 28.7 Å². The smallest absolute Gasteiger partial charge is 0.159 e. The molecule has 25 heavy (non-hydrogen) atoms. The molecule has 2 aromatic carbocycles. The molecule has 1 aromatic heterocycles. The third-order valence-corrected chi connectivity index (χ3v) is 3.96. The molecule has 0 amide bonds. The third kappa shape index (κ3) is 4.19. The lowest BCUT2D eigenvalue weighted by atomic mass is 10.3. The lowest BCUT2D eigenvalue weighted by Crippen LogP contribution is -2.06. The number of hydrogen-bond acceptors (Lipinski definition) is 6. The van der Waals surface area contributed by atoms with Crippen LogP contribution < -0.4 is 21.1 Å². The SMILES string of the molecule is CCOc1ccccc1Nc1ncnc(Nc2ccc(Br)cc2)c1N. The second-order valence-corrected chi connectivity index (χ2v) is 6.09. The first-order valence-corrected chi connectivity index (χ1v) is 8.58. The Balaban J connectivity index is 1.85. The summed E-state index contributed by atoms with van der Waals surface area (Å²) in [7, 11) is 0. The van der Waals surface area contributed by atoms with E-state index in [1.165, 1.54) is 6.33 Å². The van der Waals surface area contributed by atoms with E-state index in [9.17, 15) is 0 Å². The van der Waals surface area contributed by atoms with Crippen LogP contribution >= 0.6 is 15.9 Å². The standard InChI is InChI=1S/C18H18BrN5O/c1-2-25-15-6-4-3-5-14(15)24-18-16(20)17(21-11-22-18)23-13-9-7-12(19)8-10-13/h3-11H,2,20H2,1H3,(H2,21,22,23,24). The average molecular weight is 400 g/mol. The molecule has 0 aliphatic heterocycles. The van der Waals surface area contributed by atoms with E-state index >= 15 is 0 Å². The Kier molecular flexibility index (Phi) is 5.35. The summed E-state index contributed by atoms with van der Waals surface area (Å²) in [5.41, 5.74) is 8.34. The number of benzene rings is 2. The fourth-order valence-electron chi connectivity index (χ4n) is 2.24. The van der Waals surface area contributed by atoms with Crippen molar-refractivity contribution in [3.63, 3.8) is 0 Å².